The number of anilines is 2. The van der Waals surface area contributed by atoms with Gasteiger partial charge < -0.3 is 15.4 Å². The number of hydrogen-bond donors (Lipinski definition) is 3. The summed E-state index contributed by atoms with van der Waals surface area (Å²) in [5.74, 6) is -0.973. The number of halogens is 3. The summed E-state index contributed by atoms with van der Waals surface area (Å²) in [5.41, 5.74) is 2.88. The minimum absolute atomic E-state index is 0.236. The van der Waals surface area contributed by atoms with E-state index >= 15 is 0 Å². The number of aryl methyl sites for hydroxylation is 1. The molecule has 0 aromatic heterocycles. The van der Waals surface area contributed by atoms with E-state index in [1.165, 1.54) is 12.1 Å². The van der Waals surface area contributed by atoms with E-state index in [1.54, 1.807) is 12.1 Å². The van der Waals surface area contributed by atoms with Gasteiger partial charge in [-0.15, -0.1) is 13.2 Å². The van der Waals surface area contributed by atoms with E-state index in [9.17, 15) is 22.8 Å². The Labute approximate surface area is 153 Å². The van der Waals surface area contributed by atoms with Crippen molar-refractivity contribution in [2.24, 2.45) is 0 Å². The summed E-state index contributed by atoms with van der Waals surface area (Å²) in [6.07, 6.45) is -4.77. The van der Waals surface area contributed by atoms with Crippen LogP contribution in [-0.4, -0.2) is 24.8 Å². The van der Waals surface area contributed by atoms with Gasteiger partial charge in [-0.2, -0.15) is 0 Å². The SMILES string of the molecule is Cc1cccc(NC(=O)NC(=O)CNc2ccc(OC(F)(F)F)cc2)c1C. The summed E-state index contributed by atoms with van der Waals surface area (Å²) in [6, 6.07) is 9.60. The third-order valence-corrected chi connectivity index (χ3v) is 3.65. The van der Waals surface area contributed by atoms with Gasteiger partial charge in [0.15, 0.2) is 0 Å². The highest BCUT2D eigenvalue weighted by molar-refractivity contribution is 6.02. The van der Waals surface area contributed by atoms with Crippen molar-refractivity contribution < 1.29 is 27.5 Å². The molecular formula is C18H18F3N3O3. The number of benzene rings is 2. The van der Waals surface area contributed by atoms with Gasteiger partial charge in [-0.25, -0.2) is 4.79 Å². The highest BCUT2D eigenvalue weighted by Crippen LogP contribution is 2.23. The number of urea groups is 1. The van der Waals surface area contributed by atoms with Crippen molar-refractivity contribution in [1.82, 2.24) is 5.32 Å². The Bertz CT molecular complexity index is 821. The first kappa shape index (κ1) is 20.1. The highest BCUT2D eigenvalue weighted by atomic mass is 19.4. The van der Waals surface area contributed by atoms with Crippen LogP contribution in [-0.2, 0) is 4.79 Å². The van der Waals surface area contributed by atoms with Crippen molar-refractivity contribution in [3.8, 4) is 5.75 Å². The standard InChI is InChI=1S/C18H18F3N3O3/c1-11-4-3-5-15(12(11)2)23-17(26)24-16(25)10-22-13-6-8-14(9-7-13)27-18(19,20)21/h3-9,22H,10H2,1-2H3,(H2,23,24,25,26). The molecular weight excluding hydrogens is 363 g/mol. The molecule has 0 aliphatic heterocycles. The number of alkyl halides is 3. The first-order valence-electron chi connectivity index (χ1n) is 7.91. The predicted octanol–water partition coefficient (Wildman–Crippen LogP) is 3.96. The van der Waals surface area contributed by atoms with E-state index in [0.29, 0.717) is 11.4 Å². The summed E-state index contributed by atoms with van der Waals surface area (Å²) in [5, 5.41) is 7.45. The van der Waals surface area contributed by atoms with Gasteiger partial charge in [0.25, 0.3) is 0 Å². The maximum absolute atomic E-state index is 12.1. The molecule has 2 aromatic carbocycles. The van der Waals surface area contributed by atoms with Gasteiger partial charge in [-0.3, -0.25) is 10.1 Å². The van der Waals surface area contributed by atoms with Gasteiger partial charge in [0.1, 0.15) is 5.75 Å². The molecule has 0 fully saturated rings. The Kier molecular flexibility index (Phi) is 6.27. The Morgan fingerprint density at radius 2 is 1.70 bits per heavy atom. The molecule has 0 aliphatic rings. The lowest BCUT2D eigenvalue weighted by Gasteiger charge is -2.12. The molecule has 27 heavy (non-hydrogen) atoms. The zero-order valence-electron chi connectivity index (χ0n) is 14.6. The first-order valence-corrected chi connectivity index (χ1v) is 7.91. The second kappa shape index (κ2) is 8.43. The smallest absolute Gasteiger partial charge is 0.406 e. The molecule has 2 aromatic rings. The molecule has 3 amide bonds. The molecule has 6 nitrogen and oxygen atoms in total. The molecule has 0 bridgehead atoms. The van der Waals surface area contributed by atoms with Crippen molar-refractivity contribution >= 4 is 23.3 Å². The monoisotopic (exact) mass is 381 g/mol. The van der Waals surface area contributed by atoms with Crippen LogP contribution in [0.1, 0.15) is 11.1 Å². The van der Waals surface area contributed by atoms with Crippen LogP contribution in [0.15, 0.2) is 42.5 Å². The number of hydrogen-bond acceptors (Lipinski definition) is 4. The minimum atomic E-state index is -4.77. The fourth-order valence-corrected chi connectivity index (χ4v) is 2.17. The van der Waals surface area contributed by atoms with E-state index < -0.39 is 18.3 Å². The van der Waals surface area contributed by atoms with Gasteiger partial charge >= 0.3 is 12.4 Å². The molecule has 0 aliphatic carbocycles. The fraction of sp³-hybridized carbons (Fsp3) is 0.222. The number of rotatable bonds is 5. The highest BCUT2D eigenvalue weighted by Gasteiger charge is 2.30. The van der Waals surface area contributed by atoms with Gasteiger partial charge in [0, 0.05) is 11.4 Å². The Hall–Kier alpha value is -3.23. The summed E-state index contributed by atoms with van der Waals surface area (Å²) in [6.45, 7) is 3.51. The zero-order valence-corrected chi connectivity index (χ0v) is 14.6. The van der Waals surface area contributed by atoms with Crippen LogP contribution in [0.2, 0.25) is 0 Å². The summed E-state index contributed by atoms with van der Waals surface area (Å²) >= 11 is 0. The second-order valence-corrected chi connectivity index (χ2v) is 5.68. The van der Waals surface area contributed by atoms with E-state index in [-0.39, 0.29) is 12.3 Å². The van der Waals surface area contributed by atoms with Crippen molar-refractivity contribution in [1.29, 1.82) is 0 Å². The number of imide groups is 1. The van der Waals surface area contributed by atoms with Crippen LogP contribution in [0.4, 0.5) is 29.3 Å². The van der Waals surface area contributed by atoms with Crippen molar-refractivity contribution in [2.45, 2.75) is 20.2 Å². The lowest BCUT2D eigenvalue weighted by Crippen LogP contribution is -2.38. The second-order valence-electron chi connectivity index (χ2n) is 5.68. The molecule has 0 saturated heterocycles. The van der Waals surface area contributed by atoms with Crippen LogP contribution in [0.3, 0.4) is 0 Å². The molecule has 3 N–H and O–H groups in total. The van der Waals surface area contributed by atoms with E-state index in [0.717, 1.165) is 23.3 Å². The van der Waals surface area contributed by atoms with E-state index in [1.807, 2.05) is 19.9 Å². The first-order chi connectivity index (χ1) is 12.6. The van der Waals surface area contributed by atoms with E-state index in [2.05, 4.69) is 20.7 Å². The average molecular weight is 381 g/mol. The van der Waals surface area contributed by atoms with Crippen LogP contribution in [0.25, 0.3) is 0 Å². The van der Waals surface area contributed by atoms with Crippen LogP contribution in [0, 0.1) is 13.8 Å². The summed E-state index contributed by atoms with van der Waals surface area (Å²) < 4.78 is 40.0. The number of carbonyl (C=O) groups excluding carboxylic acids is 2. The summed E-state index contributed by atoms with van der Waals surface area (Å²) in [4.78, 5) is 23.7. The molecule has 0 atom stereocenters. The van der Waals surface area contributed by atoms with Crippen LogP contribution < -0.4 is 20.7 Å². The van der Waals surface area contributed by atoms with Gasteiger partial charge in [-0.1, -0.05) is 12.1 Å². The minimum Gasteiger partial charge on any atom is -0.406 e. The van der Waals surface area contributed by atoms with Crippen LogP contribution >= 0.6 is 0 Å². The van der Waals surface area contributed by atoms with Gasteiger partial charge in [0.05, 0.1) is 6.54 Å². The third-order valence-electron chi connectivity index (χ3n) is 3.65. The lowest BCUT2D eigenvalue weighted by atomic mass is 10.1. The van der Waals surface area contributed by atoms with Crippen molar-refractivity contribution in [3.05, 3.63) is 53.6 Å². The average Bonchev–Trinajstić information content (AvgIpc) is 2.57. The molecule has 9 heteroatoms. The lowest BCUT2D eigenvalue weighted by molar-refractivity contribution is -0.274. The number of ether oxygens (including phenoxy) is 1. The molecule has 144 valence electrons. The normalized spacial score (nSPS) is 10.9. The molecule has 2 rings (SSSR count). The maximum Gasteiger partial charge on any atom is 0.573 e. The zero-order chi connectivity index (χ0) is 20.0. The molecule has 0 radical (unpaired) electrons. The number of nitrogens with one attached hydrogen (secondary N) is 3. The Morgan fingerprint density at radius 3 is 2.33 bits per heavy atom. The summed E-state index contributed by atoms with van der Waals surface area (Å²) in [7, 11) is 0. The number of carbonyl (C=O) groups is 2. The third kappa shape index (κ3) is 6.53. The van der Waals surface area contributed by atoms with E-state index in [4.69, 9.17) is 0 Å². The van der Waals surface area contributed by atoms with Crippen LogP contribution in [0.5, 0.6) is 5.75 Å². The maximum atomic E-state index is 12.1. The predicted molar refractivity (Wildman–Crippen MR) is 94.7 cm³/mol. The van der Waals surface area contributed by atoms with Gasteiger partial charge in [-0.05, 0) is 55.3 Å². The quantitative estimate of drug-likeness (QED) is 0.732. The molecule has 0 spiro atoms. The molecule has 0 saturated carbocycles. The largest absolute Gasteiger partial charge is 0.573 e. The molecule has 0 unspecified atom stereocenters. The topological polar surface area (TPSA) is 79.5 Å². The van der Waals surface area contributed by atoms with Crippen molar-refractivity contribution in [2.75, 3.05) is 17.2 Å². The molecule has 0 heterocycles. The Morgan fingerprint density at radius 1 is 1.04 bits per heavy atom. The van der Waals surface area contributed by atoms with Gasteiger partial charge in [0.2, 0.25) is 5.91 Å². The number of amides is 3. The Balaban J connectivity index is 1.82. The fourth-order valence-electron chi connectivity index (χ4n) is 2.17. The van der Waals surface area contributed by atoms with Crippen molar-refractivity contribution in [3.63, 3.8) is 0 Å².